The van der Waals surface area contributed by atoms with Crippen LogP contribution in [0.3, 0.4) is 0 Å². The molecule has 2 rings (SSSR count). The molecular weight excluding hydrogens is 206 g/mol. The lowest BCUT2D eigenvalue weighted by atomic mass is 10.1. The predicted molar refractivity (Wildman–Crippen MR) is 60.0 cm³/mol. The Bertz CT molecular complexity index is 303. The molecule has 1 saturated heterocycles. The summed E-state index contributed by atoms with van der Waals surface area (Å²) in [6.45, 7) is 1.17. The zero-order valence-electron chi connectivity index (χ0n) is 9.17. The maximum absolute atomic E-state index is 10.5. The van der Waals surface area contributed by atoms with Crippen molar-refractivity contribution in [3.8, 4) is 0 Å². The van der Waals surface area contributed by atoms with Crippen molar-refractivity contribution >= 4 is 5.78 Å². The molecule has 0 bridgehead atoms. The van der Waals surface area contributed by atoms with E-state index in [1.165, 1.54) is 5.06 Å². The molecule has 0 unspecified atom stereocenters. The van der Waals surface area contributed by atoms with Gasteiger partial charge < -0.3 is 10.3 Å². The van der Waals surface area contributed by atoms with Crippen LogP contribution in [0.1, 0.15) is 18.4 Å². The number of aliphatic hydroxyl groups excluding tert-OH is 1. The molecule has 1 aliphatic rings. The molecule has 1 aromatic rings. The number of aliphatic hydroxyl groups is 1. The summed E-state index contributed by atoms with van der Waals surface area (Å²) in [5.41, 5.74) is 0.965. The molecule has 0 amide bonds. The topological polar surface area (TPSA) is 60.8 Å². The number of hydroxylamine groups is 2. The molecule has 1 fully saturated rings. The third kappa shape index (κ3) is 5.02. The van der Waals surface area contributed by atoms with Gasteiger partial charge in [-0.1, -0.05) is 30.3 Å². The Balaban J connectivity index is 0.000000160. The van der Waals surface area contributed by atoms with Gasteiger partial charge >= 0.3 is 0 Å². The Labute approximate surface area is 95.1 Å². The number of Topliss-reactive ketones (excluding diaryl/α,β-unsaturated/α-hetero) is 1. The van der Waals surface area contributed by atoms with Crippen molar-refractivity contribution < 1.29 is 15.1 Å². The Morgan fingerprint density at radius 3 is 2.06 bits per heavy atom. The maximum atomic E-state index is 10.5. The zero-order chi connectivity index (χ0) is 11.8. The summed E-state index contributed by atoms with van der Waals surface area (Å²) in [7, 11) is 0. The smallest absolute Gasteiger partial charge is 0.135 e. The number of carbonyl (C=O) groups is 1. The molecule has 0 atom stereocenters. The number of piperidine rings is 1. The Kier molecular flexibility index (Phi) is 5.71. The fraction of sp³-hybridized carbons (Fsp3) is 0.417. The maximum Gasteiger partial charge on any atom is 0.135 e. The van der Waals surface area contributed by atoms with Crippen molar-refractivity contribution in [3.63, 3.8) is 0 Å². The minimum Gasteiger partial charge on any atom is -0.392 e. The van der Waals surface area contributed by atoms with Crippen LogP contribution in [0.5, 0.6) is 0 Å². The molecule has 4 heteroatoms. The standard InChI is InChI=1S/C7H8O.C5H9NO2/c8-6-7-4-2-1-3-5-7;7-5-1-3-6(8)4-2-5/h1-5,8H,6H2;8H,1-4H2. The number of hydrogen-bond acceptors (Lipinski definition) is 4. The van der Waals surface area contributed by atoms with Gasteiger partial charge in [-0.3, -0.25) is 4.79 Å². The van der Waals surface area contributed by atoms with Crippen molar-refractivity contribution in [1.29, 1.82) is 0 Å². The lowest BCUT2D eigenvalue weighted by Crippen LogP contribution is -2.30. The first-order chi connectivity index (χ1) is 7.72. The zero-order valence-corrected chi connectivity index (χ0v) is 9.17. The van der Waals surface area contributed by atoms with Crippen molar-refractivity contribution in [2.24, 2.45) is 0 Å². The van der Waals surface area contributed by atoms with Crippen LogP contribution in [0.15, 0.2) is 30.3 Å². The molecule has 4 nitrogen and oxygen atoms in total. The molecule has 0 aromatic heterocycles. The first-order valence-electron chi connectivity index (χ1n) is 5.32. The number of nitrogens with zero attached hydrogens (tertiary/aromatic N) is 1. The summed E-state index contributed by atoms with van der Waals surface area (Å²) in [5.74, 6) is 0.260. The van der Waals surface area contributed by atoms with Gasteiger partial charge in [0.1, 0.15) is 5.78 Å². The molecule has 1 aliphatic heterocycles. The van der Waals surface area contributed by atoms with Gasteiger partial charge in [0.05, 0.1) is 6.61 Å². The summed E-state index contributed by atoms with van der Waals surface area (Å²) < 4.78 is 0. The number of benzene rings is 1. The van der Waals surface area contributed by atoms with E-state index in [0.717, 1.165) is 5.56 Å². The molecule has 16 heavy (non-hydrogen) atoms. The molecule has 0 saturated carbocycles. The Hall–Kier alpha value is -1.23. The fourth-order valence-corrected chi connectivity index (χ4v) is 1.33. The SMILES string of the molecule is O=C1CCN(O)CC1.OCc1ccccc1. The van der Waals surface area contributed by atoms with E-state index in [9.17, 15) is 4.79 Å². The lowest BCUT2D eigenvalue weighted by molar-refractivity contribution is -0.138. The van der Waals surface area contributed by atoms with Crippen LogP contribution in [0.4, 0.5) is 0 Å². The second kappa shape index (κ2) is 7.11. The second-order valence-electron chi connectivity index (χ2n) is 3.64. The highest BCUT2D eigenvalue weighted by Crippen LogP contribution is 2.00. The Morgan fingerprint density at radius 2 is 1.69 bits per heavy atom. The van der Waals surface area contributed by atoms with Crippen molar-refractivity contribution in [2.75, 3.05) is 13.1 Å². The first kappa shape index (κ1) is 12.8. The highest BCUT2D eigenvalue weighted by atomic mass is 16.5. The summed E-state index contributed by atoms with van der Waals surface area (Å²) in [6, 6.07) is 9.52. The highest BCUT2D eigenvalue weighted by molar-refractivity contribution is 5.79. The lowest BCUT2D eigenvalue weighted by Gasteiger charge is -2.17. The summed E-state index contributed by atoms with van der Waals surface area (Å²) in [5, 5.41) is 18.4. The van der Waals surface area contributed by atoms with E-state index in [2.05, 4.69) is 0 Å². The molecule has 88 valence electrons. The minimum atomic E-state index is 0.140. The average Bonchev–Trinajstić information content (AvgIpc) is 2.35. The van der Waals surface area contributed by atoms with Gasteiger partial charge in [0.15, 0.2) is 0 Å². The van der Waals surface area contributed by atoms with Crippen LogP contribution in [0.25, 0.3) is 0 Å². The van der Waals surface area contributed by atoms with Gasteiger partial charge in [-0.05, 0) is 5.56 Å². The van der Waals surface area contributed by atoms with Gasteiger partial charge in [0, 0.05) is 25.9 Å². The molecule has 1 heterocycles. The molecular formula is C12H17NO3. The van der Waals surface area contributed by atoms with Gasteiger partial charge in [-0.25, -0.2) is 0 Å². The van der Waals surface area contributed by atoms with E-state index >= 15 is 0 Å². The van der Waals surface area contributed by atoms with E-state index in [0.29, 0.717) is 25.9 Å². The highest BCUT2D eigenvalue weighted by Gasteiger charge is 2.12. The third-order valence-corrected chi connectivity index (χ3v) is 2.32. The van der Waals surface area contributed by atoms with Gasteiger partial charge in [-0.15, -0.1) is 0 Å². The summed E-state index contributed by atoms with van der Waals surface area (Å²) >= 11 is 0. The molecule has 2 N–H and O–H groups in total. The van der Waals surface area contributed by atoms with Gasteiger partial charge in [0.2, 0.25) is 0 Å². The average molecular weight is 223 g/mol. The fourth-order valence-electron chi connectivity index (χ4n) is 1.33. The monoisotopic (exact) mass is 223 g/mol. The second-order valence-corrected chi connectivity index (χ2v) is 3.64. The summed E-state index contributed by atoms with van der Waals surface area (Å²) in [4.78, 5) is 10.5. The summed E-state index contributed by atoms with van der Waals surface area (Å²) in [6.07, 6.45) is 1.02. The van der Waals surface area contributed by atoms with Crippen LogP contribution in [-0.2, 0) is 11.4 Å². The van der Waals surface area contributed by atoms with Crippen molar-refractivity contribution in [2.45, 2.75) is 19.4 Å². The molecule has 0 spiro atoms. The molecule has 1 aromatic carbocycles. The van der Waals surface area contributed by atoms with Crippen molar-refractivity contribution in [1.82, 2.24) is 5.06 Å². The number of carbonyl (C=O) groups excluding carboxylic acids is 1. The van der Waals surface area contributed by atoms with E-state index in [-0.39, 0.29) is 12.4 Å². The first-order valence-corrected chi connectivity index (χ1v) is 5.32. The van der Waals surface area contributed by atoms with Crippen LogP contribution < -0.4 is 0 Å². The predicted octanol–water partition coefficient (Wildman–Crippen LogP) is 1.22. The molecule has 0 aliphatic carbocycles. The van der Waals surface area contributed by atoms with Crippen LogP contribution in [0, 0.1) is 0 Å². The Morgan fingerprint density at radius 1 is 1.12 bits per heavy atom. The van der Waals surface area contributed by atoms with Crippen LogP contribution in [0.2, 0.25) is 0 Å². The number of rotatable bonds is 1. The normalized spacial score (nSPS) is 16.5. The quantitative estimate of drug-likeness (QED) is 0.751. The van der Waals surface area contributed by atoms with Crippen LogP contribution in [-0.4, -0.2) is 34.2 Å². The van der Waals surface area contributed by atoms with Crippen molar-refractivity contribution in [3.05, 3.63) is 35.9 Å². The van der Waals surface area contributed by atoms with E-state index in [1.807, 2.05) is 30.3 Å². The van der Waals surface area contributed by atoms with Gasteiger partial charge in [-0.2, -0.15) is 5.06 Å². The number of ketones is 1. The third-order valence-electron chi connectivity index (χ3n) is 2.32. The van der Waals surface area contributed by atoms with Gasteiger partial charge in [0.25, 0.3) is 0 Å². The minimum absolute atomic E-state index is 0.140. The van der Waals surface area contributed by atoms with Crippen LogP contribution >= 0.6 is 0 Å². The number of hydrogen-bond donors (Lipinski definition) is 2. The van der Waals surface area contributed by atoms with E-state index < -0.39 is 0 Å². The molecule has 0 radical (unpaired) electrons. The van der Waals surface area contributed by atoms with E-state index in [1.54, 1.807) is 0 Å². The largest absolute Gasteiger partial charge is 0.392 e. The van der Waals surface area contributed by atoms with E-state index in [4.69, 9.17) is 10.3 Å².